The van der Waals surface area contributed by atoms with Crippen molar-refractivity contribution in [3.63, 3.8) is 0 Å². The van der Waals surface area contributed by atoms with Crippen LogP contribution in [0, 0.1) is 5.92 Å². The van der Waals surface area contributed by atoms with E-state index in [1.807, 2.05) is 0 Å². The standard InChI is InChI=1S/C12H20ClN3O2/c1-4-8(5-2)10(17)7-14-11-9(13)6-15-12(16-11)18-3/h6,8,10,17H,4-5,7H2,1-3H3,(H,14,15,16). The second-order valence-corrected chi connectivity index (χ2v) is 4.49. The van der Waals surface area contributed by atoms with E-state index < -0.39 is 6.10 Å². The summed E-state index contributed by atoms with van der Waals surface area (Å²) < 4.78 is 4.92. The Morgan fingerprint density at radius 1 is 1.44 bits per heavy atom. The van der Waals surface area contributed by atoms with Crippen molar-refractivity contribution in [2.45, 2.75) is 32.8 Å². The van der Waals surface area contributed by atoms with Crippen LogP contribution in [0.25, 0.3) is 0 Å². The molecule has 0 saturated heterocycles. The Bertz CT molecular complexity index is 372. The van der Waals surface area contributed by atoms with Crippen molar-refractivity contribution in [1.29, 1.82) is 0 Å². The number of halogens is 1. The molecule has 1 rings (SSSR count). The van der Waals surface area contributed by atoms with Crippen molar-refractivity contribution in [1.82, 2.24) is 9.97 Å². The summed E-state index contributed by atoms with van der Waals surface area (Å²) in [6, 6.07) is 0.249. The lowest BCUT2D eigenvalue weighted by Gasteiger charge is -2.20. The first-order valence-corrected chi connectivity index (χ1v) is 6.48. The minimum Gasteiger partial charge on any atom is -0.467 e. The lowest BCUT2D eigenvalue weighted by atomic mass is 9.97. The summed E-state index contributed by atoms with van der Waals surface area (Å²) in [6.07, 6.45) is 2.94. The number of anilines is 1. The monoisotopic (exact) mass is 273 g/mol. The lowest BCUT2D eigenvalue weighted by Crippen LogP contribution is -2.28. The van der Waals surface area contributed by atoms with Crippen LogP contribution in [-0.4, -0.2) is 34.8 Å². The largest absolute Gasteiger partial charge is 0.467 e. The van der Waals surface area contributed by atoms with Crippen LogP contribution < -0.4 is 10.1 Å². The lowest BCUT2D eigenvalue weighted by molar-refractivity contribution is 0.114. The number of aliphatic hydroxyl groups is 1. The second kappa shape index (κ2) is 7.38. The van der Waals surface area contributed by atoms with Crippen molar-refractivity contribution < 1.29 is 9.84 Å². The van der Waals surface area contributed by atoms with Gasteiger partial charge in [0.05, 0.1) is 19.4 Å². The molecule has 1 atom stereocenters. The minimum atomic E-state index is -0.419. The normalized spacial score (nSPS) is 12.6. The molecule has 5 nitrogen and oxygen atoms in total. The number of rotatable bonds is 7. The van der Waals surface area contributed by atoms with Crippen LogP contribution in [0.4, 0.5) is 5.82 Å². The van der Waals surface area contributed by atoms with Crippen molar-refractivity contribution in [3.05, 3.63) is 11.2 Å². The molecule has 18 heavy (non-hydrogen) atoms. The van der Waals surface area contributed by atoms with Crippen LogP contribution in [-0.2, 0) is 0 Å². The molecule has 1 heterocycles. The maximum Gasteiger partial charge on any atom is 0.318 e. The zero-order valence-electron chi connectivity index (χ0n) is 11.0. The van der Waals surface area contributed by atoms with Crippen molar-refractivity contribution >= 4 is 17.4 Å². The number of aromatic nitrogens is 2. The molecule has 0 aliphatic rings. The molecule has 1 aromatic heterocycles. The molecule has 0 saturated carbocycles. The van der Waals surface area contributed by atoms with Gasteiger partial charge in [0.25, 0.3) is 0 Å². The molecule has 0 aliphatic heterocycles. The van der Waals surface area contributed by atoms with E-state index in [2.05, 4.69) is 29.1 Å². The average molecular weight is 274 g/mol. The first kappa shape index (κ1) is 15.0. The van der Waals surface area contributed by atoms with E-state index in [0.29, 0.717) is 17.4 Å². The minimum absolute atomic E-state index is 0.249. The molecule has 0 aliphatic carbocycles. The van der Waals surface area contributed by atoms with Gasteiger partial charge in [0, 0.05) is 6.54 Å². The molecule has 2 N–H and O–H groups in total. The number of nitrogens with one attached hydrogen (secondary N) is 1. The smallest absolute Gasteiger partial charge is 0.318 e. The van der Waals surface area contributed by atoms with E-state index >= 15 is 0 Å². The van der Waals surface area contributed by atoms with E-state index in [0.717, 1.165) is 12.8 Å². The van der Waals surface area contributed by atoms with Crippen LogP contribution in [0.15, 0.2) is 6.20 Å². The highest BCUT2D eigenvalue weighted by molar-refractivity contribution is 6.32. The quantitative estimate of drug-likeness (QED) is 0.798. The van der Waals surface area contributed by atoms with E-state index in [1.165, 1.54) is 13.3 Å². The number of methoxy groups -OCH3 is 1. The summed E-state index contributed by atoms with van der Waals surface area (Å²) in [7, 11) is 1.49. The molecule has 0 radical (unpaired) electrons. The van der Waals surface area contributed by atoms with E-state index in [-0.39, 0.29) is 11.9 Å². The van der Waals surface area contributed by atoms with Gasteiger partial charge in [0.2, 0.25) is 0 Å². The average Bonchev–Trinajstić information content (AvgIpc) is 2.39. The molecular formula is C12H20ClN3O2. The maximum atomic E-state index is 10.0. The fourth-order valence-electron chi connectivity index (χ4n) is 1.77. The molecular weight excluding hydrogens is 254 g/mol. The topological polar surface area (TPSA) is 67.3 Å². The Morgan fingerprint density at radius 3 is 2.67 bits per heavy atom. The highest BCUT2D eigenvalue weighted by Gasteiger charge is 2.16. The first-order chi connectivity index (χ1) is 8.62. The molecule has 0 spiro atoms. The maximum absolute atomic E-state index is 10.0. The Morgan fingerprint density at radius 2 is 2.11 bits per heavy atom. The third-order valence-electron chi connectivity index (χ3n) is 2.98. The van der Waals surface area contributed by atoms with Crippen molar-refractivity contribution in [3.8, 4) is 6.01 Å². The van der Waals surface area contributed by atoms with Gasteiger partial charge in [-0.3, -0.25) is 0 Å². The zero-order valence-corrected chi connectivity index (χ0v) is 11.7. The van der Waals surface area contributed by atoms with Crippen LogP contribution in [0.1, 0.15) is 26.7 Å². The molecule has 6 heteroatoms. The van der Waals surface area contributed by atoms with Gasteiger partial charge in [0.1, 0.15) is 5.02 Å². The Kier molecular flexibility index (Phi) is 6.15. The van der Waals surface area contributed by atoms with Gasteiger partial charge in [-0.25, -0.2) is 4.98 Å². The van der Waals surface area contributed by atoms with Crippen LogP contribution >= 0.6 is 11.6 Å². The molecule has 102 valence electrons. The molecule has 0 aromatic carbocycles. The van der Waals surface area contributed by atoms with Gasteiger partial charge in [-0.15, -0.1) is 0 Å². The fourth-order valence-corrected chi connectivity index (χ4v) is 1.93. The third kappa shape index (κ3) is 3.99. The first-order valence-electron chi connectivity index (χ1n) is 6.10. The molecule has 0 bridgehead atoms. The van der Waals surface area contributed by atoms with Crippen LogP contribution in [0.5, 0.6) is 6.01 Å². The van der Waals surface area contributed by atoms with E-state index in [4.69, 9.17) is 16.3 Å². The Balaban J connectivity index is 2.62. The highest BCUT2D eigenvalue weighted by atomic mass is 35.5. The van der Waals surface area contributed by atoms with Crippen molar-refractivity contribution in [2.24, 2.45) is 5.92 Å². The van der Waals surface area contributed by atoms with Gasteiger partial charge in [-0.05, 0) is 5.92 Å². The van der Waals surface area contributed by atoms with Crippen LogP contribution in [0.2, 0.25) is 5.02 Å². The number of nitrogens with zero attached hydrogens (tertiary/aromatic N) is 2. The SMILES string of the molecule is CCC(CC)C(O)CNc1nc(OC)ncc1Cl. The predicted molar refractivity (Wildman–Crippen MR) is 72.2 cm³/mol. The molecule has 1 aromatic rings. The fraction of sp³-hybridized carbons (Fsp3) is 0.667. The summed E-state index contributed by atoms with van der Waals surface area (Å²) >= 11 is 5.96. The number of ether oxygens (including phenoxy) is 1. The highest BCUT2D eigenvalue weighted by Crippen LogP contribution is 2.21. The molecule has 1 unspecified atom stereocenters. The summed E-state index contributed by atoms with van der Waals surface area (Å²) in [5, 5.41) is 13.4. The predicted octanol–water partition coefficient (Wildman–Crippen LogP) is 2.35. The molecule has 0 amide bonds. The van der Waals surface area contributed by atoms with E-state index in [9.17, 15) is 5.11 Å². The summed E-state index contributed by atoms with van der Waals surface area (Å²) in [4.78, 5) is 7.97. The van der Waals surface area contributed by atoms with Gasteiger partial charge in [-0.2, -0.15) is 4.98 Å². The van der Waals surface area contributed by atoms with Crippen molar-refractivity contribution in [2.75, 3.05) is 19.0 Å². The summed E-state index contributed by atoms with van der Waals surface area (Å²) in [6.45, 7) is 4.54. The summed E-state index contributed by atoms with van der Waals surface area (Å²) in [5.74, 6) is 0.758. The Labute approximate surface area is 113 Å². The van der Waals surface area contributed by atoms with Gasteiger partial charge in [0.15, 0.2) is 5.82 Å². The zero-order chi connectivity index (χ0) is 13.5. The van der Waals surface area contributed by atoms with Gasteiger partial charge in [-0.1, -0.05) is 38.3 Å². The van der Waals surface area contributed by atoms with Gasteiger partial charge < -0.3 is 15.2 Å². The molecule has 0 fully saturated rings. The number of aliphatic hydroxyl groups excluding tert-OH is 1. The Hall–Kier alpha value is -1.07. The number of hydrogen-bond acceptors (Lipinski definition) is 5. The number of hydrogen-bond donors (Lipinski definition) is 2. The van der Waals surface area contributed by atoms with E-state index in [1.54, 1.807) is 0 Å². The third-order valence-corrected chi connectivity index (χ3v) is 3.25. The second-order valence-electron chi connectivity index (χ2n) is 4.08. The van der Waals surface area contributed by atoms with Gasteiger partial charge >= 0.3 is 6.01 Å². The summed E-state index contributed by atoms with van der Waals surface area (Å²) in [5.41, 5.74) is 0. The van der Waals surface area contributed by atoms with Crippen LogP contribution in [0.3, 0.4) is 0 Å².